The fourth-order valence-electron chi connectivity index (χ4n) is 4.02. The van der Waals surface area contributed by atoms with Gasteiger partial charge >= 0.3 is 5.97 Å². The third-order valence-corrected chi connectivity index (χ3v) is 6.21. The van der Waals surface area contributed by atoms with Crippen LogP contribution in [-0.4, -0.2) is 23.4 Å². The zero-order chi connectivity index (χ0) is 24.4. The van der Waals surface area contributed by atoms with Gasteiger partial charge in [-0.3, -0.25) is 0 Å². The predicted molar refractivity (Wildman–Crippen MR) is 123 cm³/mol. The van der Waals surface area contributed by atoms with Crippen LogP contribution in [0.3, 0.4) is 0 Å². The molecule has 2 N–H and O–H groups in total. The van der Waals surface area contributed by atoms with Crippen molar-refractivity contribution in [3.8, 4) is 17.2 Å². The first-order chi connectivity index (χ1) is 16.3. The fourth-order valence-corrected chi connectivity index (χ4v) is 4.18. The summed E-state index contributed by atoms with van der Waals surface area (Å²) < 4.78 is 15.2. The first kappa shape index (κ1) is 23.2. The summed E-state index contributed by atoms with van der Waals surface area (Å²) in [5.41, 5.74) is 1.06. The van der Waals surface area contributed by atoms with Gasteiger partial charge in [-0.05, 0) is 61.2 Å². The molecule has 1 heterocycles. The molecule has 0 radical (unpaired) electrons. The van der Waals surface area contributed by atoms with Crippen molar-refractivity contribution < 1.29 is 23.8 Å². The molecule has 9 heteroatoms. The number of benzene rings is 2. The van der Waals surface area contributed by atoms with Crippen molar-refractivity contribution in [3.05, 3.63) is 87.6 Å². The van der Waals surface area contributed by atoms with Crippen molar-refractivity contribution in [3.63, 3.8) is 0 Å². The topological polar surface area (TPSA) is 117 Å². The smallest absolute Gasteiger partial charge is 0.335 e. The molecule has 1 saturated carbocycles. The maximum atomic E-state index is 14.7. The van der Waals surface area contributed by atoms with Gasteiger partial charge in [0.05, 0.1) is 27.8 Å². The second kappa shape index (κ2) is 9.49. The van der Waals surface area contributed by atoms with Crippen LogP contribution in [0.15, 0.2) is 54.7 Å². The molecule has 1 aliphatic rings. The van der Waals surface area contributed by atoms with Crippen LogP contribution in [0, 0.1) is 28.3 Å². The largest absolute Gasteiger partial charge is 0.618 e. The summed E-state index contributed by atoms with van der Waals surface area (Å²) in [5, 5.41) is 34.5. The molecule has 1 aromatic heterocycles. The molecule has 3 aromatic rings. The number of nitriles is 1. The zero-order valence-electron chi connectivity index (χ0n) is 17.7. The van der Waals surface area contributed by atoms with Gasteiger partial charge in [-0.1, -0.05) is 11.6 Å². The number of hydrogen-bond acceptors (Lipinski definition) is 5. The minimum absolute atomic E-state index is 0.0314. The highest BCUT2D eigenvalue weighted by Crippen LogP contribution is 2.40. The SMILES string of the molecule is N#Cc1ccc(Cl)c(F)c1-c1ccc(C(C=O)C(Nc2ccc(C(=O)O)cc2)C2CC2)[n+]([O-])c1. The summed E-state index contributed by atoms with van der Waals surface area (Å²) in [4.78, 5) is 23.2. The second-order valence-corrected chi connectivity index (χ2v) is 8.52. The standard InChI is InChI=1S/C25H19ClFN3O4/c26-20-9-5-16(11-28)22(23(20)27)17-6-10-21(30(34)12-17)19(13-31)24(14-1-2-14)29-18-7-3-15(4-8-18)25(32)33/h3-10,12-14,19,24,29H,1-2H2,(H,32,33). The van der Waals surface area contributed by atoms with E-state index in [1.54, 1.807) is 12.1 Å². The number of halogens is 2. The monoisotopic (exact) mass is 479 g/mol. The van der Waals surface area contributed by atoms with E-state index in [-0.39, 0.29) is 38.9 Å². The molecule has 1 fully saturated rings. The molecule has 1 aliphatic carbocycles. The molecule has 2 unspecified atom stereocenters. The predicted octanol–water partition coefficient (Wildman–Crippen LogP) is 4.52. The zero-order valence-corrected chi connectivity index (χ0v) is 18.5. The molecule has 0 amide bonds. The molecule has 172 valence electrons. The summed E-state index contributed by atoms with van der Waals surface area (Å²) >= 11 is 5.87. The maximum absolute atomic E-state index is 14.7. The number of nitrogens with one attached hydrogen (secondary N) is 1. The lowest BCUT2D eigenvalue weighted by Gasteiger charge is -2.24. The number of aromatic carboxylic acids is 1. The molecule has 0 bridgehead atoms. The van der Waals surface area contributed by atoms with Gasteiger partial charge in [0.25, 0.3) is 0 Å². The van der Waals surface area contributed by atoms with E-state index in [0.717, 1.165) is 19.0 Å². The van der Waals surface area contributed by atoms with E-state index in [1.165, 1.54) is 36.4 Å². The minimum Gasteiger partial charge on any atom is -0.618 e. The van der Waals surface area contributed by atoms with Gasteiger partial charge < -0.3 is 20.4 Å². The second-order valence-electron chi connectivity index (χ2n) is 8.12. The number of aromatic nitrogens is 1. The number of anilines is 1. The van der Waals surface area contributed by atoms with Crippen molar-refractivity contribution >= 4 is 29.5 Å². The van der Waals surface area contributed by atoms with Gasteiger partial charge in [-0.15, -0.1) is 0 Å². The number of carboxylic acid groups (broad SMARTS) is 1. The molecule has 0 saturated heterocycles. The van der Waals surface area contributed by atoms with Gasteiger partial charge in [0.15, 0.2) is 12.0 Å². The number of carbonyl (C=O) groups is 2. The number of hydrogen-bond donors (Lipinski definition) is 2. The van der Waals surface area contributed by atoms with Crippen LogP contribution < -0.4 is 10.0 Å². The first-order valence-electron chi connectivity index (χ1n) is 10.5. The Kier molecular flexibility index (Phi) is 6.48. The number of rotatable bonds is 8. The molecule has 0 aliphatic heterocycles. The third kappa shape index (κ3) is 4.56. The number of aldehydes is 1. The maximum Gasteiger partial charge on any atom is 0.335 e. The number of carboxylic acids is 1. The molecular weight excluding hydrogens is 461 g/mol. The average molecular weight is 480 g/mol. The van der Waals surface area contributed by atoms with Crippen LogP contribution in [0.2, 0.25) is 5.02 Å². The van der Waals surface area contributed by atoms with Gasteiger partial charge in [-0.25, -0.2) is 9.18 Å². The lowest BCUT2D eigenvalue weighted by molar-refractivity contribution is -0.614. The van der Waals surface area contributed by atoms with Crippen molar-refractivity contribution in [2.45, 2.75) is 24.8 Å². The van der Waals surface area contributed by atoms with Gasteiger partial charge in [0.1, 0.15) is 12.2 Å². The van der Waals surface area contributed by atoms with E-state index in [4.69, 9.17) is 16.7 Å². The molecule has 0 spiro atoms. The average Bonchev–Trinajstić information content (AvgIpc) is 3.67. The van der Waals surface area contributed by atoms with E-state index >= 15 is 0 Å². The Labute approximate surface area is 199 Å². The summed E-state index contributed by atoms with van der Waals surface area (Å²) in [5.74, 6) is -2.50. The fraction of sp³-hybridized carbons (Fsp3) is 0.200. The summed E-state index contributed by atoms with van der Waals surface area (Å²) in [7, 11) is 0. The minimum atomic E-state index is -1.04. The van der Waals surface area contributed by atoms with E-state index in [9.17, 15) is 24.4 Å². The molecule has 4 rings (SSSR count). The lowest BCUT2D eigenvalue weighted by Crippen LogP contribution is -2.40. The van der Waals surface area contributed by atoms with E-state index in [0.29, 0.717) is 16.7 Å². The molecule has 34 heavy (non-hydrogen) atoms. The number of pyridine rings is 1. The number of nitrogens with zero attached hydrogens (tertiary/aromatic N) is 2. The summed E-state index contributed by atoms with van der Waals surface area (Å²) in [6, 6.07) is 13.2. The summed E-state index contributed by atoms with van der Waals surface area (Å²) in [6.45, 7) is 0. The Morgan fingerprint density at radius 2 is 1.94 bits per heavy atom. The van der Waals surface area contributed by atoms with Crippen LogP contribution >= 0.6 is 11.6 Å². The van der Waals surface area contributed by atoms with Gasteiger partial charge in [-0.2, -0.15) is 9.99 Å². The Bertz CT molecular complexity index is 1300. The third-order valence-electron chi connectivity index (χ3n) is 5.92. The Morgan fingerprint density at radius 1 is 1.24 bits per heavy atom. The van der Waals surface area contributed by atoms with Crippen molar-refractivity contribution in [2.75, 3.05) is 5.32 Å². The molecule has 2 atom stereocenters. The van der Waals surface area contributed by atoms with Crippen LogP contribution in [0.25, 0.3) is 11.1 Å². The van der Waals surface area contributed by atoms with Crippen LogP contribution in [0.1, 0.15) is 40.4 Å². The van der Waals surface area contributed by atoms with Crippen molar-refractivity contribution in [1.29, 1.82) is 5.26 Å². The molecular formula is C25H19ClFN3O4. The molecule has 2 aromatic carbocycles. The van der Waals surface area contributed by atoms with E-state index < -0.39 is 23.7 Å². The van der Waals surface area contributed by atoms with E-state index in [1.807, 2.05) is 6.07 Å². The van der Waals surface area contributed by atoms with Gasteiger partial charge in [0.2, 0.25) is 5.69 Å². The quantitative estimate of drug-likeness (QED) is 0.278. The highest BCUT2D eigenvalue weighted by Gasteiger charge is 2.40. The first-order valence-corrected chi connectivity index (χ1v) is 10.9. The highest BCUT2D eigenvalue weighted by molar-refractivity contribution is 6.31. The van der Waals surface area contributed by atoms with Crippen molar-refractivity contribution in [2.24, 2.45) is 5.92 Å². The van der Waals surface area contributed by atoms with Crippen LogP contribution in [-0.2, 0) is 4.79 Å². The lowest BCUT2D eigenvalue weighted by atomic mass is 9.91. The summed E-state index contributed by atoms with van der Waals surface area (Å²) in [6.07, 6.45) is 3.59. The highest BCUT2D eigenvalue weighted by atomic mass is 35.5. The Morgan fingerprint density at radius 3 is 2.50 bits per heavy atom. The van der Waals surface area contributed by atoms with Crippen molar-refractivity contribution in [1.82, 2.24) is 0 Å². The van der Waals surface area contributed by atoms with Gasteiger partial charge in [0, 0.05) is 23.4 Å². The normalized spacial score (nSPS) is 14.6. The van der Waals surface area contributed by atoms with Crippen LogP contribution in [0.5, 0.6) is 0 Å². The van der Waals surface area contributed by atoms with Crippen LogP contribution in [0.4, 0.5) is 10.1 Å². The Balaban J connectivity index is 1.67. The number of carbonyl (C=O) groups excluding carboxylic acids is 1. The Hall–Kier alpha value is -3.96. The van der Waals surface area contributed by atoms with E-state index in [2.05, 4.69) is 5.32 Å². The molecule has 7 nitrogen and oxygen atoms in total.